The fourth-order valence-corrected chi connectivity index (χ4v) is 4.32. The van der Waals surface area contributed by atoms with Crippen molar-refractivity contribution in [3.05, 3.63) is 58.8 Å². The maximum Gasteiger partial charge on any atom is 0.145 e. The third kappa shape index (κ3) is 7.19. The average Bonchev–Trinajstić information content (AvgIpc) is 2.81. The van der Waals surface area contributed by atoms with Gasteiger partial charge in [-0.3, -0.25) is 9.79 Å². The van der Waals surface area contributed by atoms with E-state index in [0.717, 1.165) is 41.9 Å². The number of ketones is 1. The summed E-state index contributed by atoms with van der Waals surface area (Å²) in [6, 6.07) is 9.32. The highest BCUT2D eigenvalue weighted by molar-refractivity contribution is 5.92. The highest BCUT2D eigenvalue weighted by Crippen LogP contribution is 2.29. The van der Waals surface area contributed by atoms with Gasteiger partial charge in [-0.2, -0.15) is 0 Å². The fourth-order valence-electron chi connectivity index (χ4n) is 4.32. The first-order valence-corrected chi connectivity index (χ1v) is 12.3. The summed E-state index contributed by atoms with van der Waals surface area (Å²) in [7, 11) is 0. The summed E-state index contributed by atoms with van der Waals surface area (Å²) < 4.78 is 0. The normalized spacial score (nSPS) is 20.4. The van der Waals surface area contributed by atoms with Crippen LogP contribution in [0.3, 0.4) is 0 Å². The van der Waals surface area contributed by atoms with Crippen LogP contribution in [0, 0.1) is 5.92 Å². The van der Waals surface area contributed by atoms with Gasteiger partial charge in [0.1, 0.15) is 11.6 Å². The zero-order valence-corrected chi connectivity index (χ0v) is 20.4. The average molecular weight is 423 g/mol. The topological polar surface area (TPSA) is 41.5 Å². The molecule has 1 fully saturated rings. The maximum atomic E-state index is 12.4. The molecule has 0 aliphatic heterocycles. The van der Waals surface area contributed by atoms with Crippen LogP contribution in [0.4, 0.5) is 0 Å². The van der Waals surface area contributed by atoms with Crippen LogP contribution >= 0.6 is 0 Å². The fraction of sp³-hybridized carbons (Fsp3) is 0.571. The third-order valence-electron chi connectivity index (χ3n) is 6.51. The number of aryl methyl sites for hydroxylation is 2. The van der Waals surface area contributed by atoms with Crippen molar-refractivity contribution in [3.8, 4) is 0 Å². The van der Waals surface area contributed by atoms with Crippen molar-refractivity contribution < 1.29 is 4.79 Å². The minimum Gasteiger partial charge on any atom is -0.347 e. The van der Waals surface area contributed by atoms with Crippen molar-refractivity contribution in [3.63, 3.8) is 0 Å². The second-order valence-electron chi connectivity index (χ2n) is 8.67. The van der Waals surface area contributed by atoms with Crippen LogP contribution in [0.15, 0.2) is 52.7 Å². The van der Waals surface area contributed by atoms with Crippen LogP contribution in [0.1, 0.15) is 90.7 Å². The van der Waals surface area contributed by atoms with Crippen LogP contribution in [0.2, 0.25) is 0 Å². The van der Waals surface area contributed by atoms with Gasteiger partial charge in [-0.05, 0) is 61.8 Å². The lowest BCUT2D eigenvalue weighted by Gasteiger charge is -2.28. The number of aliphatic imine (C=N–C) groups is 1. The minimum absolute atomic E-state index is 0.110. The Bertz CT molecular complexity index is 795. The zero-order chi connectivity index (χ0) is 22.8. The number of allylic oxidation sites excluding steroid dienone is 3. The largest absolute Gasteiger partial charge is 0.347 e. The van der Waals surface area contributed by atoms with Gasteiger partial charge in [-0.25, -0.2) is 0 Å². The molecule has 31 heavy (non-hydrogen) atoms. The Hall–Kier alpha value is -2.16. The van der Waals surface area contributed by atoms with Crippen molar-refractivity contribution in [1.29, 1.82) is 0 Å². The Kier molecular flexibility index (Phi) is 10.2. The first kappa shape index (κ1) is 25.1. The number of Topliss-reactive ketones (excluding diaryl/α,β-unsaturated/α-hetero) is 1. The first-order chi connectivity index (χ1) is 15.0. The predicted octanol–water partition coefficient (Wildman–Crippen LogP) is 6.97. The van der Waals surface area contributed by atoms with E-state index in [2.05, 4.69) is 50.0 Å². The molecule has 2 aliphatic carbocycles. The Labute approximate surface area is 190 Å². The Morgan fingerprint density at radius 3 is 2.32 bits per heavy atom. The van der Waals surface area contributed by atoms with Gasteiger partial charge < -0.3 is 5.32 Å². The molecule has 3 nitrogen and oxygen atoms in total. The summed E-state index contributed by atoms with van der Waals surface area (Å²) in [4.78, 5) is 17.5. The smallest absolute Gasteiger partial charge is 0.145 e. The van der Waals surface area contributed by atoms with Gasteiger partial charge >= 0.3 is 0 Å². The monoisotopic (exact) mass is 422 g/mol. The highest BCUT2D eigenvalue weighted by atomic mass is 16.1. The molecule has 0 aromatic heterocycles. The van der Waals surface area contributed by atoms with E-state index in [4.69, 9.17) is 4.99 Å². The quantitative estimate of drug-likeness (QED) is 0.397. The number of hydrogen-bond acceptors (Lipinski definition) is 2. The minimum atomic E-state index is -0.110. The predicted molar refractivity (Wildman–Crippen MR) is 134 cm³/mol. The third-order valence-corrected chi connectivity index (χ3v) is 6.51. The summed E-state index contributed by atoms with van der Waals surface area (Å²) in [5.74, 6) is 1.16. The van der Waals surface area contributed by atoms with E-state index in [-0.39, 0.29) is 11.7 Å². The summed E-state index contributed by atoms with van der Waals surface area (Å²) in [6.45, 7) is 14.4. The van der Waals surface area contributed by atoms with Crippen LogP contribution < -0.4 is 5.32 Å². The lowest BCUT2D eigenvalue weighted by atomic mass is 9.84. The molecule has 1 atom stereocenters. The molecular formula is C28H42N2O. The van der Waals surface area contributed by atoms with Crippen molar-refractivity contribution >= 4 is 11.6 Å². The molecule has 0 heterocycles. The second-order valence-corrected chi connectivity index (χ2v) is 8.67. The van der Waals surface area contributed by atoms with Crippen molar-refractivity contribution in [2.45, 2.75) is 98.4 Å². The Balaban J connectivity index is 0.00000166. The number of nitrogens with one attached hydrogen (secondary N) is 1. The Morgan fingerprint density at radius 2 is 1.71 bits per heavy atom. The van der Waals surface area contributed by atoms with E-state index in [1.165, 1.54) is 43.2 Å². The van der Waals surface area contributed by atoms with Gasteiger partial charge in [-0.15, -0.1) is 0 Å². The number of nitrogens with zero attached hydrogens (tertiary/aromatic N) is 1. The van der Waals surface area contributed by atoms with Gasteiger partial charge in [0.15, 0.2) is 0 Å². The van der Waals surface area contributed by atoms with Gasteiger partial charge in [0.25, 0.3) is 0 Å². The van der Waals surface area contributed by atoms with E-state index >= 15 is 0 Å². The van der Waals surface area contributed by atoms with E-state index < -0.39 is 0 Å². The van der Waals surface area contributed by atoms with E-state index in [1.54, 1.807) is 0 Å². The molecule has 3 heteroatoms. The van der Waals surface area contributed by atoms with Crippen molar-refractivity contribution in [2.24, 2.45) is 10.9 Å². The SMILES string of the molecule is C=C1CC(=O)C(C)C(NC(CCc2ccc(CC)cc2)=NC2CCCCC2)=C1C.CC. The molecule has 0 saturated heterocycles. The van der Waals surface area contributed by atoms with Gasteiger partial charge in [0.05, 0.1) is 12.0 Å². The number of carbonyl (C=O) groups excluding carboxylic acids is 1. The van der Waals surface area contributed by atoms with E-state index in [9.17, 15) is 4.79 Å². The molecule has 2 aliphatic rings. The molecule has 1 saturated carbocycles. The number of amidine groups is 1. The van der Waals surface area contributed by atoms with Crippen LogP contribution in [0.5, 0.6) is 0 Å². The first-order valence-electron chi connectivity index (χ1n) is 12.3. The summed E-state index contributed by atoms with van der Waals surface area (Å²) in [6.07, 6.45) is 9.58. The molecule has 0 radical (unpaired) electrons. The van der Waals surface area contributed by atoms with Gasteiger partial charge in [-0.1, -0.05) is 70.9 Å². The molecule has 1 unspecified atom stereocenters. The number of hydrogen-bond donors (Lipinski definition) is 1. The molecule has 0 spiro atoms. The zero-order valence-electron chi connectivity index (χ0n) is 20.4. The van der Waals surface area contributed by atoms with E-state index in [1.807, 2.05) is 20.8 Å². The summed E-state index contributed by atoms with van der Waals surface area (Å²) in [5, 5.41) is 3.60. The Morgan fingerprint density at radius 1 is 1.10 bits per heavy atom. The molecular weight excluding hydrogens is 380 g/mol. The maximum absolute atomic E-state index is 12.4. The standard InChI is InChI=1S/C26H36N2O.C2H6/c1-5-21-11-13-22(14-12-21)15-16-25(27-23-9-7-6-8-10-23)28-26-19(3)18(2)17-24(29)20(26)4;1-2/h11-14,20,23H,2,5-10,15-17H2,1,3-4H3,(H,27,28);1-2H3. The molecule has 1 aromatic carbocycles. The summed E-state index contributed by atoms with van der Waals surface area (Å²) >= 11 is 0. The molecule has 0 bridgehead atoms. The molecule has 1 N–H and O–H groups in total. The van der Waals surface area contributed by atoms with Gasteiger partial charge in [0, 0.05) is 18.5 Å². The number of benzene rings is 1. The highest BCUT2D eigenvalue weighted by Gasteiger charge is 2.27. The second kappa shape index (κ2) is 12.6. The van der Waals surface area contributed by atoms with Crippen molar-refractivity contribution in [1.82, 2.24) is 5.32 Å². The van der Waals surface area contributed by atoms with Crippen LogP contribution in [-0.4, -0.2) is 17.7 Å². The van der Waals surface area contributed by atoms with Crippen LogP contribution in [0.25, 0.3) is 0 Å². The van der Waals surface area contributed by atoms with Gasteiger partial charge in [0.2, 0.25) is 0 Å². The number of rotatable bonds is 6. The number of carbonyl (C=O) groups is 1. The molecule has 0 amide bonds. The lowest BCUT2D eigenvalue weighted by Crippen LogP contribution is -2.34. The van der Waals surface area contributed by atoms with E-state index in [0.29, 0.717) is 12.5 Å². The molecule has 1 aromatic rings. The molecule has 170 valence electrons. The van der Waals surface area contributed by atoms with Crippen molar-refractivity contribution in [2.75, 3.05) is 0 Å². The lowest BCUT2D eigenvalue weighted by molar-refractivity contribution is -0.121. The summed E-state index contributed by atoms with van der Waals surface area (Å²) in [5.41, 5.74) is 5.77. The van der Waals surface area contributed by atoms with Crippen LogP contribution in [-0.2, 0) is 17.6 Å². The molecule has 3 rings (SSSR count).